The Balaban J connectivity index is 2.60. The van der Waals surface area contributed by atoms with Gasteiger partial charge in [-0.3, -0.25) is 20.2 Å². The van der Waals surface area contributed by atoms with Gasteiger partial charge in [-0.2, -0.15) is 0 Å². The van der Waals surface area contributed by atoms with Crippen molar-refractivity contribution in [2.45, 2.75) is 6.92 Å². The molecule has 1 saturated heterocycles. The molecule has 2 rings (SSSR count). The normalized spacial score (nSPS) is 14.4. The Morgan fingerprint density at radius 1 is 1.22 bits per heavy atom. The predicted molar refractivity (Wildman–Crippen MR) is 78.7 cm³/mol. The monoisotopic (exact) mass is 325 g/mol. The maximum absolute atomic E-state index is 11.8. The second-order valence-electron chi connectivity index (χ2n) is 4.70. The fourth-order valence-electron chi connectivity index (χ4n) is 2.33. The van der Waals surface area contributed by atoms with Crippen molar-refractivity contribution in [1.82, 2.24) is 0 Å². The zero-order chi connectivity index (χ0) is 17.0. The third kappa shape index (κ3) is 3.54. The van der Waals surface area contributed by atoms with Gasteiger partial charge in [-0.25, -0.2) is 4.79 Å². The Morgan fingerprint density at radius 3 is 2.17 bits per heavy atom. The van der Waals surface area contributed by atoms with E-state index in [2.05, 4.69) is 0 Å². The number of nitro groups is 2. The maximum atomic E-state index is 11.8. The molecule has 0 aliphatic carbocycles. The van der Waals surface area contributed by atoms with Crippen LogP contribution in [0.5, 0.6) is 0 Å². The van der Waals surface area contributed by atoms with Gasteiger partial charge in [0.05, 0.1) is 35.2 Å². The molecule has 1 aromatic rings. The molecule has 1 aliphatic rings. The van der Waals surface area contributed by atoms with Crippen LogP contribution in [0.15, 0.2) is 12.1 Å². The van der Waals surface area contributed by atoms with Crippen molar-refractivity contribution in [2.75, 3.05) is 37.8 Å². The SMILES string of the molecule is CCOC(=O)c1cc([N+](=O)[O-])c(N2CCOCC2)c([N+](=O)[O-])c1. The van der Waals surface area contributed by atoms with E-state index in [9.17, 15) is 25.0 Å². The van der Waals surface area contributed by atoms with Gasteiger partial charge in [0.25, 0.3) is 0 Å². The Kier molecular flexibility index (Phi) is 5.06. The minimum Gasteiger partial charge on any atom is -0.462 e. The number of anilines is 1. The van der Waals surface area contributed by atoms with Gasteiger partial charge in [0.2, 0.25) is 0 Å². The average molecular weight is 325 g/mol. The summed E-state index contributed by atoms with van der Waals surface area (Å²) in [5, 5.41) is 22.7. The lowest BCUT2D eigenvalue weighted by molar-refractivity contribution is -0.392. The van der Waals surface area contributed by atoms with Gasteiger partial charge < -0.3 is 14.4 Å². The van der Waals surface area contributed by atoms with Gasteiger partial charge in [-0.1, -0.05) is 0 Å². The summed E-state index contributed by atoms with van der Waals surface area (Å²) in [5.74, 6) is -0.841. The van der Waals surface area contributed by atoms with Crippen molar-refractivity contribution in [3.05, 3.63) is 37.9 Å². The summed E-state index contributed by atoms with van der Waals surface area (Å²) < 4.78 is 9.93. The number of esters is 1. The van der Waals surface area contributed by atoms with E-state index < -0.39 is 27.2 Å². The van der Waals surface area contributed by atoms with Crippen LogP contribution in [-0.2, 0) is 9.47 Å². The Morgan fingerprint density at radius 2 is 1.74 bits per heavy atom. The van der Waals surface area contributed by atoms with Crippen LogP contribution < -0.4 is 4.90 Å². The van der Waals surface area contributed by atoms with Crippen molar-refractivity contribution >= 4 is 23.0 Å². The standard InChI is InChI=1S/C13H15N3O7/c1-2-23-13(17)9-7-10(15(18)19)12(11(8-9)16(20)21)14-3-5-22-6-4-14/h7-8H,2-6H2,1H3. The molecule has 1 heterocycles. The van der Waals surface area contributed by atoms with Crippen LogP contribution in [0.1, 0.15) is 17.3 Å². The lowest BCUT2D eigenvalue weighted by Gasteiger charge is -2.28. The highest BCUT2D eigenvalue weighted by Crippen LogP contribution is 2.39. The molecule has 0 aromatic heterocycles. The van der Waals surface area contributed by atoms with E-state index in [1.807, 2.05) is 0 Å². The lowest BCUT2D eigenvalue weighted by atomic mass is 10.1. The number of carbonyl (C=O) groups excluding carboxylic acids is 1. The number of nitro benzene ring substituents is 2. The first-order valence-electron chi connectivity index (χ1n) is 6.92. The number of benzene rings is 1. The van der Waals surface area contributed by atoms with Crippen LogP contribution in [0.3, 0.4) is 0 Å². The molecule has 0 unspecified atom stereocenters. The van der Waals surface area contributed by atoms with Gasteiger partial charge in [-0.15, -0.1) is 0 Å². The third-order valence-corrected chi connectivity index (χ3v) is 3.30. The van der Waals surface area contributed by atoms with Crippen LogP contribution in [0.2, 0.25) is 0 Å². The molecular weight excluding hydrogens is 310 g/mol. The molecule has 0 radical (unpaired) electrons. The number of carbonyl (C=O) groups is 1. The molecule has 0 atom stereocenters. The molecule has 0 saturated carbocycles. The van der Waals surface area contributed by atoms with Gasteiger partial charge in [0.15, 0.2) is 5.69 Å². The minimum atomic E-state index is -0.841. The Hall–Kier alpha value is -2.75. The van der Waals surface area contributed by atoms with Crippen molar-refractivity contribution in [3.8, 4) is 0 Å². The van der Waals surface area contributed by atoms with Crippen LogP contribution in [0.25, 0.3) is 0 Å². The zero-order valence-corrected chi connectivity index (χ0v) is 12.4. The summed E-state index contributed by atoms with van der Waals surface area (Å²) in [5.41, 5.74) is -1.33. The van der Waals surface area contributed by atoms with Crippen molar-refractivity contribution < 1.29 is 24.1 Å². The number of ether oxygens (including phenoxy) is 2. The number of rotatable bonds is 5. The van der Waals surface area contributed by atoms with E-state index in [0.717, 1.165) is 12.1 Å². The van der Waals surface area contributed by atoms with Crippen LogP contribution in [0, 0.1) is 20.2 Å². The smallest absolute Gasteiger partial charge is 0.338 e. The summed E-state index contributed by atoms with van der Waals surface area (Å²) in [6.07, 6.45) is 0. The van der Waals surface area contributed by atoms with Gasteiger partial charge in [0, 0.05) is 25.2 Å². The molecule has 0 amide bonds. The average Bonchev–Trinajstić information content (AvgIpc) is 2.54. The fraction of sp³-hybridized carbons (Fsp3) is 0.462. The molecule has 10 heteroatoms. The van der Waals surface area contributed by atoms with Crippen molar-refractivity contribution in [2.24, 2.45) is 0 Å². The van der Waals surface area contributed by atoms with E-state index in [4.69, 9.17) is 9.47 Å². The van der Waals surface area contributed by atoms with Gasteiger partial charge >= 0.3 is 17.3 Å². The molecule has 124 valence electrons. The highest BCUT2D eigenvalue weighted by molar-refractivity contribution is 5.94. The first kappa shape index (κ1) is 16.6. The molecule has 0 N–H and O–H groups in total. The van der Waals surface area contributed by atoms with E-state index in [-0.39, 0.29) is 17.9 Å². The van der Waals surface area contributed by atoms with Crippen LogP contribution in [-0.4, -0.2) is 48.7 Å². The molecule has 10 nitrogen and oxygen atoms in total. The lowest BCUT2D eigenvalue weighted by Crippen LogP contribution is -2.37. The van der Waals surface area contributed by atoms with E-state index in [1.165, 1.54) is 4.90 Å². The first-order valence-corrected chi connectivity index (χ1v) is 6.92. The minimum absolute atomic E-state index is 0.0612. The summed E-state index contributed by atoms with van der Waals surface area (Å²) in [6, 6.07) is 2.02. The van der Waals surface area contributed by atoms with Gasteiger partial charge in [0.1, 0.15) is 0 Å². The van der Waals surface area contributed by atoms with Crippen molar-refractivity contribution in [1.29, 1.82) is 0 Å². The quantitative estimate of drug-likeness (QED) is 0.453. The third-order valence-electron chi connectivity index (χ3n) is 3.30. The highest BCUT2D eigenvalue weighted by atomic mass is 16.6. The molecule has 0 spiro atoms. The van der Waals surface area contributed by atoms with Crippen LogP contribution in [0.4, 0.5) is 17.1 Å². The second-order valence-corrected chi connectivity index (χ2v) is 4.70. The highest BCUT2D eigenvalue weighted by Gasteiger charge is 2.33. The molecule has 1 aromatic carbocycles. The Labute approximate surface area is 130 Å². The predicted octanol–water partition coefficient (Wildman–Crippen LogP) is 1.52. The topological polar surface area (TPSA) is 125 Å². The number of nitrogens with zero attached hydrogens (tertiary/aromatic N) is 3. The van der Waals surface area contributed by atoms with Crippen molar-refractivity contribution in [3.63, 3.8) is 0 Å². The summed E-state index contributed by atoms with van der Waals surface area (Å²) in [6.45, 7) is 2.84. The van der Waals surface area contributed by atoms with Crippen LogP contribution >= 0.6 is 0 Å². The largest absolute Gasteiger partial charge is 0.462 e. The Bertz CT molecular complexity index is 605. The summed E-state index contributed by atoms with van der Waals surface area (Å²) in [7, 11) is 0. The summed E-state index contributed by atoms with van der Waals surface area (Å²) >= 11 is 0. The maximum Gasteiger partial charge on any atom is 0.338 e. The molecular formula is C13H15N3O7. The number of hydrogen-bond acceptors (Lipinski definition) is 8. The molecule has 0 bridgehead atoms. The molecule has 23 heavy (non-hydrogen) atoms. The molecule has 1 fully saturated rings. The number of hydrogen-bond donors (Lipinski definition) is 0. The first-order chi connectivity index (χ1) is 11.0. The summed E-state index contributed by atoms with van der Waals surface area (Å²) in [4.78, 5) is 34.5. The second kappa shape index (κ2) is 7.01. The van der Waals surface area contributed by atoms with E-state index in [1.54, 1.807) is 6.92 Å². The molecule has 1 aliphatic heterocycles. The van der Waals surface area contributed by atoms with Gasteiger partial charge in [-0.05, 0) is 6.92 Å². The zero-order valence-electron chi connectivity index (χ0n) is 12.4. The van der Waals surface area contributed by atoms with E-state index in [0.29, 0.717) is 26.3 Å². The fourth-order valence-corrected chi connectivity index (χ4v) is 2.33. The number of morpholine rings is 1. The van der Waals surface area contributed by atoms with E-state index >= 15 is 0 Å².